The maximum absolute atomic E-state index is 6.14. The summed E-state index contributed by atoms with van der Waals surface area (Å²) in [7, 11) is 11.4. The van der Waals surface area contributed by atoms with Crippen LogP contribution in [0.15, 0.2) is 24.3 Å². The summed E-state index contributed by atoms with van der Waals surface area (Å²) in [6, 6.07) is 8.22. The molecular formula is C16H16N2P4. The maximum atomic E-state index is 6.14. The van der Waals surface area contributed by atoms with Gasteiger partial charge in [-0.3, -0.25) is 0 Å². The molecule has 0 heterocycles. The third-order valence-electron chi connectivity index (χ3n) is 4.31. The van der Waals surface area contributed by atoms with Crippen LogP contribution in [0.3, 0.4) is 0 Å². The highest BCUT2D eigenvalue weighted by Crippen LogP contribution is 2.36. The van der Waals surface area contributed by atoms with E-state index in [-0.39, 0.29) is 0 Å². The van der Waals surface area contributed by atoms with Crippen molar-refractivity contribution in [3.05, 3.63) is 24.3 Å². The molecule has 0 saturated heterocycles. The standard InChI is InChI=1S/C16H16N2P4/c17-5-1-7-11-8(2-5)15(21)16(22)10-4-6(18)3-9(12(10)11)14(20)13(7)19/h1-4H,17-22H2. The first kappa shape index (κ1) is 14.8. The fourth-order valence-corrected chi connectivity index (χ4v) is 4.83. The van der Waals surface area contributed by atoms with E-state index < -0.39 is 0 Å². The van der Waals surface area contributed by atoms with Gasteiger partial charge in [-0.2, -0.15) is 0 Å². The van der Waals surface area contributed by atoms with Gasteiger partial charge in [-0.25, -0.2) is 0 Å². The quantitative estimate of drug-likeness (QED) is 0.285. The Hall–Kier alpha value is -0.760. The smallest absolute Gasteiger partial charge is 0.0326 e. The summed E-state index contributed by atoms with van der Waals surface area (Å²) in [5, 5.41) is 11.9. The minimum atomic E-state index is 0.784. The van der Waals surface area contributed by atoms with Gasteiger partial charge in [-0.15, -0.1) is 37.0 Å². The first-order chi connectivity index (χ1) is 10.4. The van der Waals surface area contributed by atoms with E-state index in [9.17, 15) is 0 Å². The zero-order chi connectivity index (χ0) is 15.8. The van der Waals surface area contributed by atoms with Crippen molar-refractivity contribution in [3.8, 4) is 0 Å². The van der Waals surface area contributed by atoms with Crippen LogP contribution >= 0.6 is 37.0 Å². The monoisotopic (exact) mass is 360 g/mol. The number of benzene rings is 4. The van der Waals surface area contributed by atoms with Crippen molar-refractivity contribution in [1.82, 2.24) is 0 Å². The van der Waals surface area contributed by atoms with Crippen LogP contribution in [0.4, 0.5) is 11.4 Å². The molecule has 0 aromatic heterocycles. The summed E-state index contributed by atoms with van der Waals surface area (Å²) in [6.07, 6.45) is 0. The molecule has 4 N–H and O–H groups in total. The van der Waals surface area contributed by atoms with Gasteiger partial charge in [0.25, 0.3) is 0 Å². The summed E-state index contributed by atoms with van der Waals surface area (Å²) in [5.41, 5.74) is 13.8. The van der Waals surface area contributed by atoms with Crippen molar-refractivity contribution < 1.29 is 0 Å². The first-order valence-electron chi connectivity index (χ1n) is 6.79. The Morgan fingerprint density at radius 3 is 0.955 bits per heavy atom. The molecule has 0 fully saturated rings. The van der Waals surface area contributed by atoms with E-state index in [0.717, 1.165) is 32.6 Å². The van der Waals surface area contributed by atoms with Crippen molar-refractivity contribution in [2.24, 2.45) is 0 Å². The van der Waals surface area contributed by atoms with E-state index in [1.54, 1.807) is 0 Å². The molecule has 0 bridgehead atoms. The molecule has 4 atom stereocenters. The maximum Gasteiger partial charge on any atom is 0.0326 e. The Morgan fingerprint density at radius 1 is 0.500 bits per heavy atom. The first-order valence-corrected chi connectivity index (χ1v) is 9.10. The van der Waals surface area contributed by atoms with E-state index in [2.05, 4.69) is 61.2 Å². The van der Waals surface area contributed by atoms with Crippen LogP contribution in [-0.4, -0.2) is 0 Å². The molecule has 4 unspecified atom stereocenters. The second-order valence-corrected chi connectivity index (χ2v) is 7.95. The molecule has 4 aromatic carbocycles. The minimum Gasteiger partial charge on any atom is -0.399 e. The molecule has 22 heavy (non-hydrogen) atoms. The van der Waals surface area contributed by atoms with Crippen molar-refractivity contribution in [3.63, 3.8) is 0 Å². The van der Waals surface area contributed by atoms with Crippen molar-refractivity contribution in [2.45, 2.75) is 0 Å². The summed E-state index contributed by atoms with van der Waals surface area (Å²) in [5.74, 6) is 0. The molecular weight excluding hydrogens is 344 g/mol. The number of anilines is 2. The lowest BCUT2D eigenvalue weighted by Crippen LogP contribution is -2.20. The van der Waals surface area contributed by atoms with Crippen LogP contribution in [0.2, 0.25) is 0 Å². The van der Waals surface area contributed by atoms with Gasteiger partial charge in [-0.05, 0) is 77.8 Å². The van der Waals surface area contributed by atoms with Gasteiger partial charge >= 0.3 is 0 Å². The number of nitrogen functional groups attached to an aromatic ring is 2. The largest absolute Gasteiger partial charge is 0.399 e. The Kier molecular flexibility index (Phi) is 3.28. The SMILES string of the molecule is Nc1cc2c(P)c(P)c3cc(N)cc4c(P)c(P)c(c1)c2c34. The van der Waals surface area contributed by atoms with E-state index >= 15 is 0 Å². The highest BCUT2D eigenvalue weighted by atomic mass is 31.0. The van der Waals surface area contributed by atoms with Crippen molar-refractivity contribution in [1.29, 1.82) is 0 Å². The zero-order valence-electron chi connectivity index (χ0n) is 11.8. The van der Waals surface area contributed by atoms with E-state index in [0.29, 0.717) is 0 Å². The second kappa shape index (κ2) is 4.87. The van der Waals surface area contributed by atoms with Gasteiger partial charge in [0.1, 0.15) is 0 Å². The van der Waals surface area contributed by atoms with Crippen LogP contribution in [-0.2, 0) is 0 Å². The second-order valence-electron chi connectivity index (χ2n) is 5.64. The average Bonchev–Trinajstić information content (AvgIpc) is 2.48. The summed E-state index contributed by atoms with van der Waals surface area (Å²) >= 11 is 0. The average molecular weight is 360 g/mol. The van der Waals surface area contributed by atoms with Gasteiger partial charge in [0.2, 0.25) is 0 Å². The van der Waals surface area contributed by atoms with Gasteiger partial charge in [0.15, 0.2) is 0 Å². The van der Waals surface area contributed by atoms with Crippen LogP contribution in [0.5, 0.6) is 0 Å². The summed E-state index contributed by atoms with van der Waals surface area (Å²) < 4.78 is 0. The summed E-state index contributed by atoms with van der Waals surface area (Å²) in [4.78, 5) is 0. The Balaban J connectivity index is 2.52. The Bertz CT molecular complexity index is 923. The van der Waals surface area contributed by atoms with E-state index in [1.165, 1.54) is 32.3 Å². The number of rotatable bonds is 0. The molecule has 0 radical (unpaired) electrons. The Morgan fingerprint density at radius 2 is 0.727 bits per heavy atom. The molecule has 0 aliphatic carbocycles. The van der Waals surface area contributed by atoms with Crippen LogP contribution in [0, 0.1) is 0 Å². The molecule has 0 amide bonds. The molecule has 0 aliphatic heterocycles. The van der Waals surface area contributed by atoms with Crippen molar-refractivity contribution in [2.75, 3.05) is 11.5 Å². The van der Waals surface area contributed by atoms with Gasteiger partial charge in [-0.1, -0.05) is 0 Å². The van der Waals surface area contributed by atoms with Gasteiger partial charge in [0.05, 0.1) is 0 Å². The minimum absolute atomic E-state index is 0.784. The van der Waals surface area contributed by atoms with Gasteiger partial charge in [0, 0.05) is 11.4 Å². The molecule has 0 saturated carbocycles. The molecule has 4 aromatic rings. The lowest BCUT2D eigenvalue weighted by molar-refractivity contribution is 1.79. The Labute approximate surface area is 137 Å². The van der Waals surface area contributed by atoms with E-state index in [4.69, 9.17) is 11.5 Å². The summed E-state index contributed by atoms with van der Waals surface area (Å²) in [6.45, 7) is 0. The number of hydrogen-bond donors (Lipinski definition) is 2. The highest BCUT2D eigenvalue weighted by Gasteiger charge is 2.18. The fourth-order valence-electron chi connectivity index (χ4n) is 3.30. The lowest BCUT2D eigenvalue weighted by atomic mass is 9.93. The molecule has 110 valence electrons. The third-order valence-corrected chi connectivity index (χ3v) is 7.47. The number of hydrogen-bond acceptors (Lipinski definition) is 2. The molecule has 6 heteroatoms. The van der Waals surface area contributed by atoms with Crippen LogP contribution in [0.25, 0.3) is 32.3 Å². The number of nitrogens with two attached hydrogens (primary N) is 2. The predicted molar refractivity (Wildman–Crippen MR) is 116 cm³/mol. The molecule has 4 rings (SSSR count). The van der Waals surface area contributed by atoms with Crippen molar-refractivity contribution >= 4 is 102 Å². The predicted octanol–water partition coefficient (Wildman–Crippen LogP) is 1.75. The van der Waals surface area contributed by atoms with Gasteiger partial charge < -0.3 is 11.5 Å². The molecule has 2 nitrogen and oxygen atoms in total. The highest BCUT2D eigenvalue weighted by molar-refractivity contribution is 7.38. The normalized spacial score (nSPS) is 12.0. The molecule has 0 spiro atoms. The van der Waals surface area contributed by atoms with Crippen LogP contribution < -0.4 is 32.7 Å². The van der Waals surface area contributed by atoms with E-state index in [1.807, 2.05) is 0 Å². The zero-order valence-corrected chi connectivity index (χ0v) is 16.4. The fraction of sp³-hybridized carbons (Fsp3) is 0. The third kappa shape index (κ3) is 1.82. The topological polar surface area (TPSA) is 52.0 Å². The molecule has 0 aliphatic rings. The lowest BCUT2D eigenvalue weighted by Gasteiger charge is -2.20. The van der Waals surface area contributed by atoms with Crippen LogP contribution in [0.1, 0.15) is 0 Å².